The molecule has 0 aromatic rings. The van der Waals surface area contributed by atoms with E-state index in [1.54, 1.807) is 0 Å². The molecule has 0 radical (unpaired) electrons. The molecular weight excluding hydrogens is 126 g/mol. The van der Waals surface area contributed by atoms with E-state index >= 15 is 0 Å². The fraction of sp³-hybridized carbons (Fsp3) is 0.333. The molecule has 8 heavy (non-hydrogen) atoms. The molecule has 0 aliphatic heterocycles. The van der Waals surface area contributed by atoms with E-state index in [2.05, 4.69) is 0 Å². The van der Waals surface area contributed by atoms with Gasteiger partial charge in [0.25, 0.3) is 0 Å². The number of hydrogen-bond acceptors (Lipinski definition) is 3. The Kier molecular flexibility index (Phi) is 7.13. The van der Waals surface area contributed by atoms with Crippen molar-refractivity contribution in [3.05, 3.63) is 0 Å². The molecule has 1 atom stereocenters. The number of carbonyl (C=O) groups excluding carboxylic acids is 2. The van der Waals surface area contributed by atoms with Crippen LogP contribution in [0.25, 0.3) is 0 Å². The van der Waals surface area contributed by atoms with E-state index in [1.807, 2.05) is 0 Å². The fourth-order valence-corrected chi connectivity index (χ4v) is 0.0556. The van der Waals surface area contributed by atoms with E-state index < -0.39 is 12.1 Å². The summed E-state index contributed by atoms with van der Waals surface area (Å²) in [6, 6.07) is 0. The third-order valence-corrected chi connectivity index (χ3v) is 0.345. The number of carbonyl (C=O) groups is 2. The van der Waals surface area contributed by atoms with Crippen LogP contribution in [-0.4, -0.2) is 18.4 Å². The molecule has 0 aliphatic carbocycles. The molecule has 0 N–H and O–H groups in total. The van der Waals surface area contributed by atoms with Gasteiger partial charge in [0.05, 0.1) is 5.97 Å². The first-order valence-corrected chi connectivity index (χ1v) is 1.48. The SMILES string of the molecule is O=CC(F)C(=O)[O-].[Na+]. The second-order valence-electron chi connectivity index (χ2n) is 0.857. The summed E-state index contributed by atoms with van der Waals surface area (Å²) in [5, 5.41) is 9.21. The van der Waals surface area contributed by atoms with Gasteiger partial charge in [0.15, 0.2) is 12.5 Å². The van der Waals surface area contributed by atoms with E-state index in [-0.39, 0.29) is 35.8 Å². The summed E-state index contributed by atoms with van der Waals surface area (Å²) in [5.41, 5.74) is 0. The summed E-state index contributed by atoms with van der Waals surface area (Å²) in [6.07, 6.45) is -2.81. The molecule has 0 spiro atoms. The molecule has 0 aliphatic rings. The van der Waals surface area contributed by atoms with Crippen LogP contribution in [-0.2, 0) is 9.59 Å². The van der Waals surface area contributed by atoms with Crippen LogP contribution >= 0.6 is 0 Å². The van der Waals surface area contributed by atoms with Crippen LogP contribution in [0.4, 0.5) is 4.39 Å². The van der Waals surface area contributed by atoms with Crippen molar-refractivity contribution in [1.29, 1.82) is 0 Å². The third-order valence-electron chi connectivity index (χ3n) is 0.345. The van der Waals surface area contributed by atoms with E-state index in [0.29, 0.717) is 0 Å². The van der Waals surface area contributed by atoms with Gasteiger partial charge in [-0.25, -0.2) is 4.39 Å². The second kappa shape index (κ2) is 5.21. The molecule has 0 bridgehead atoms. The van der Waals surface area contributed by atoms with Gasteiger partial charge in [-0.2, -0.15) is 0 Å². The van der Waals surface area contributed by atoms with Gasteiger partial charge in [-0.3, -0.25) is 4.79 Å². The van der Waals surface area contributed by atoms with Crippen LogP contribution in [0.15, 0.2) is 0 Å². The van der Waals surface area contributed by atoms with Gasteiger partial charge in [0.2, 0.25) is 0 Å². The van der Waals surface area contributed by atoms with Gasteiger partial charge in [0.1, 0.15) is 0 Å². The number of halogens is 1. The van der Waals surface area contributed by atoms with E-state index in [1.165, 1.54) is 0 Å². The topological polar surface area (TPSA) is 57.2 Å². The average molecular weight is 128 g/mol. The maximum absolute atomic E-state index is 11.2. The molecule has 5 heteroatoms. The van der Waals surface area contributed by atoms with Crippen molar-refractivity contribution in [2.45, 2.75) is 6.17 Å². The van der Waals surface area contributed by atoms with Crippen LogP contribution in [0.1, 0.15) is 0 Å². The average Bonchev–Trinajstić information content (AvgIpc) is 1.65. The zero-order valence-electron chi connectivity index (χ0n) is 4.26. The Morgan fingerprint density at radius 1 is 1.75 bits per heavy atom. The molecule has 0 aromatic carbocycles. The molecule has 0 aromatic heterocycles. The summed E-state index contributed by atoms with van der Waals surface area (Å²) in [7, 11) is 0. The predicted octanol–water partition coefficient (Wildman–Crippen LogP) is -4.72. The Balaban J connectivity index is 0. The molecule has 0 rings (SSSR count). The Hall–Kier alpha value is 0.0700. The largest absolute Gasteiger partial charge is 1.00 e. The van der Waals surface area contributed by atoms with Crippen molar-refractivity contribution in [2.24, 2.45) is 0 Å². The Labute approximate surface area is 67.2 Å². The number of carboxylic acid groups (broad SMARTS) is 1. The van der Waals surface area contributed by atoms with Crippen molar-refractivity contribution in [2.75, 3.05) is 0 Å². The molecular formula is C3H2FNaO3. The van der Waals surface area contributed by atoms with Crippen molar-refractivity contribution in [3.8, 4) is 0 Å². The summed E-state index contributed by atoms with van der Waals surface area (Å²) >= 11 is 0. The number of aldehydes is 1. The number of carboxylic acids is 1. The van der Waals surface area contributed by atoms with Gasteiger partial charge in [0, 0.05) is 0 Å². The second-order valence-corrected chi connectivity index (χ2v) is 0.857. The van der Waals surface area contributed by atoms with Gasteiger partial charge in [-0.1, -0.05) is 0 Å². The first-order chi connectivity index (χ1) is 3.18. The van der Waals surface area contributed by atoms with E-state index in [4.69, 9.17) is 4.79 Å². The monoisotopic (exact) mass is 128 g/mol. The quantitative estimate of drug-likeness (QED) is 0.213. The molecule has 0 heterocycles. The van der Waals surface area contributed by atoms with E-state index in [0.717, 1.165) is 0 Å². The van der Waals surface area contributed by atoms with Crippen LogP contribution in [0, 0.1) is 0 Å². The number of aliphatic carboxylic acids is 1. The maximum atomic E-state index is 11.2. The smallest absolute Gasteiger partial charge is 0.546 e. The van der Waals surface area contributed by atoms with Gasteiger partial charge in [-0.05, 0) is 0 Å². The standard InChI is InChI=1S/C3H3FO3.Na/c4-2(1-5)3(6)7;/h1-2H,(H,6,7);/q;+1/p-1. The van der Waals surface area contributed by atoms with Crippen molar-refractivity contribution in [1.82, 2.24) is 0 Å². The summed E-state index contributed by atoms with van der Waals surface area (Å²) in [4.78, 5) is 18.4. The summed E-state index contributed by atoms with van der Waals surface area (Å²) in [6.45, 7) is 0. The zero-order valence-corrected chi connectivity index (χ0v) is 6.26. The van der Waals surface area contributed by atoms with E-state index in [9.17, 15) is 14.3 Å². The minimum Gasteiger partial charge on any atom is -0.546 e. The first kappa shape index (κ1) is 10.9. The summed E-state index contributed by atoms with van der Waals surface area (Å²) in [5.74, 6) is -1.99. The maximum Gasteiger partial charge on any atom is 1.00 e. The minimum atomic E-state index is -2.47. The molecule has 0 saturated carbocycles. The third kappa shape index (κ3) is 4.23. The normalized spacial score (nSPS) is 11.1. The fourth-order valence-electron chi connectivity index (χ4n) is 0.0556. The number of alkyl halides is 1. The molecule has 40 valence electrons. The van der Waals surface area contributed by atoms with Crippen LogP contribution in [0.3, 0.4) is 0 Å². The molecule has 1 unspecified atom stereocenters. The van der Waals surface area contributed by atoms with Gasteiger partial charge >= 0.3 is 29.6 Å². The number of rotatable bonds is 2. The molecule has 3 nitrogen and oxygen atoms in total. The Morgan fingerprint density at radius 2 is 2.12 bits per heavy atom. The Morgan fingerprint density at radius 3 is 2.12 bits per heavy atom. The van der Waals surface area contributed by atoms with Crippen molar-refractivity contribution < 1.29 is 48.6 Å². The predicted molar refractivity (Wildman–Crippen MR) is 16.0 cm³/mol. The van der Waals surface area contributed by atoms with Crippen molar-refractivity contribution >= 4 is 12.3 Å². The van der Waals surface area contributed by atoms with Gasteiger partial charge < -0.3 is 9.90 Å². The van der Waals surface area contributed by atoms with Crippen LogP contribution < -0.4 is 34.7 Å². The summed E-state index contributed by atoms with van der Waals surface area (Å²) < 4.78 is 11.2. The minimum absolute atomic E-state index is 0. The van der Waals surface area contributed by atoms with Crippen LogP contribution in [0.5, 0.6) is 0 Å². The number of hydrogen-bond donors (Lipinski definition) is 0. The van der Waals surface area contributed by atoms with Crippen molar-refractivity contribution in [3.63, 3.8) is 0 Å². The van der Waals surface area contributed by atoms with Gasteiger partial charge in [-0.15, -0.1) is 0 Å². The first-order valence-electron chi connectivity index (χ1n) is 1.48. The molecule has 0 saturated heterocycles. The molecule has 0 fully saturated rings. The molecule has 0 amide bonds. The van der Waals surface area contributed by atoms with Crippen LogP contribution in [0.2, 0.25) is 0 Å². The zero-order chi connectivity index (χ0) is 5.86. The Bertz CT molecular complexity index is 94.5.